The minimum atomic E-state index is -0.673. The summed E-state index contributed by atoms with van der Waals surface area (Å²) in [4.78, 5) is 22.2. The molecule has 0 aliphatic rings. The molecule has 0 aromatic heterocycles. The van der Waals surface area contributed by atoms with Gasteiger partial charge in [0.1, 0.15) is 6.04 Å². The van der Waals surface area contributed by atoms with Crippen molar-refractivity contribution in [2.45, 2.75) is 13.0 Å². The van der Waals surface area contributed by atoms with Gasteiger partial charge in [-0.3, -0.25) is 9.59 Å². The lowest BCUT2D eigenvalue weighted by atomic mass is 10.1. The maximum Gasteiger partial charge on any atom is 0.241 e. The van der Waals surface area contributed by atoms with Crippen LogP contribution >= 0.6 is 0 Å². The Kier molecular flexibility index (Phi) is 5.16. The van der Waals surface area contributed by atoms with Crippen molar-refractivity contribution in [3.8, 4) is 0 Å². The van der Waals surface area contributed by atoms with Gasteiger partial charge in [-0.1, -0.05) is 30.3 Å². The molecule has 1 aromatic rings. The van der Waals surface area contributed by atoms with Crippen LogP contribution in [0.15, 0.2) is 30.3 Å². The van der Waals surface area contributed by atoms with Crippen molar-refractivity contribution < 1.29 is 9.59 Å². The average Bonchev–Trinajstić information content (AvgIpc) is 2.34. The highest BCUT2D eigenvalue weighted by molar-refractivity contribution is 5.82. The Balaban J connectivity index is 2.35. The lowest BCUT2D eigenvalue weighted by Crippen LogP contribution is -2.38. The van der Waals surface area contributed by atoms with Crippen molar-refractivity contribution in [1.82, 2.24) is 10.6 Å². The van der Waals surface area contributed by atoms with Crippen molar-refractivity contribution in [3.63, 3.8) is 0 Å². The molecule has 2 amide bonds. The average molecular weight is 235 g/mol. The van der Waals surface area contributed by atoms with E-state index in [2.05, 4.69) is 10.6 Å². The number of amides is 2. The predicted octanol–water partition coefficient (Wildman–Crippen LogP) is -0.0613. The highest BCUT2D eigenvalue weighted by atomic mass is 16.2. The lowest BCUT2D eigenvalue weighted by Gasteiger charge is -2.12. The summed E-state index contributed by atoms with van der Waals surface area (Å²) in [6.45, 7) is 2.21. The molecule has 5 heteroatoms. The van der Waals surface area contributed by atoms with Crippen LogP contribution in [-0.2, 0) is 9.59 Å². The molecule has 0 radical (unpaired) electrons. The zero-order chi connectivity index (χ0) is 12.7. The first-order chi connectivity index (χ1) is 8.11. The van der Waals surface area contributed by atoms with E-state index in [1.165, 1.54) is 6.92 Å². The molecule has 0 fully saturated rings. The maximum atomic E-state index is 11.6. The fraction of sp³-hybridized carbons (Fsp3) is 0.333. The SMILES string of the molecule is CC(=O)NCCNC(=O)[C@@H](N)c1ccccc1. The predicted molar refractivity (Wildman–Crippen MR) is 65.1 cm³/mol. The summed E-state index contributed by atoms with van der Waals surface area (Å²) in [6.07, 6.45) is 0. The molecule has 17 heavy (non-hydrogen) atoms. The van der Waals surface area contributed by atoms with E-state index in [0.717, 1.165) is 5.56 Å². The highest BCUT2D eigenvalue weighted by Gasteiger charge is 2.14. The minimum absolute atomic E-state index is 0.119. The Labute approximate surface area is 100 Å². The molecular formula is C12H17N3O2. The van der Waals surface area contributed by atoms with Crippen LogP contribution in [0.1, 0.15) is 18.5 Å². The first kappa shape index (κ1) is 13.2. The van der Waals surface area contributed by atoms with Gasteiger partial charge >= 0.3 is 0 Å². The third kappa shape index (κ3) is 4.65. The summed E-state index contributed by atoms with van der Waals surface area (Å²) in [5, 5.41) is 5.24. The van der Waals surface area contributed by atoms with Crippen molar-refractivity contribution in [1.29, 1.82) is 0 Å². The van der Waals surface area contributed by atoms with Crippen LogP contribution in [0, 0.1) is 0 Å². The number of hydrogen-bond acceptors (Lipinski definition) is 3. The van der Waals surface area contributed by atoms with Gasteiger partial charge in [0.05, 0.1) is 0 Å². The first-order valence-electron chi connectivity index (χ1n) is 5.44. The topological polar surface area (TPSA) is 84.2 Å². The summed E-state index contributed by atoms with van der Waals surface area (Å²) < 4.78 is 0. The second-order valence-electron chi connectivity index (χ2n) is 3.66. The zero-order valence-electron chi connectivity index (χ0n) is 9.77. The molecule has 0 bridgehead atoms. The number of carbonyl (C=O) groups excluding carboxylic acids is 2. The number of benzene rings is 1. The monoisotopic (exact) mass is 235 g/mol. The van der Waals surface area contributed by atoms with Crippen molar-refractivity contribution in [3.05, 3.63) is 35.9 Å². The van der Waals surface area contributed by atoms with Gasteiger partial charge in [0, 0.05) is 20.0 Å². The second kappa shape index (κ2) is 6.65. The Bertz CT molecular complexity index is 379. The quantitative estimate of drug-likeness (QED) is 0.625. The number of carbonyl (C=O) groups is 2. The molecule has 0 spiro atoms. The molecule has 5 nitrogen and oxygen atoms in total. The molecule has 4 N–H and O–H groups in total. The van der Waals surface area contributed by atoms with E-state index in [0.29, 0.717) is 13.1 Å². The van der Waals surface area contributed by atoms with Gasteiger partial charge in [-0.2, -0.15) is 0 Å². The molecule has 1 rings (SSSR count). The standard InChI is InChI=1S/C12H17N3O2/c1-9(16)14-7-8-15-12(17)11(13)10-5-3-2-4-6-10/h2-6,11H,7-8,13H2,1H3,(H,14,16)(H,15,17)/t11-/m0/s1. The van der Waals surface area contributed by atoms with Gasteiger partial charge in [0.2, 0.25) is 11.8 Å². The third-order valence-corrected chi connectivity index (χ3v) is 2.24. The third-order valence-electron chi connectivity index (χ3n) is 2.24. The number of hydrogen-bond donors (Lipinski definition) is 3. The Morgan fingerprint density at radius 1 is 1.18 bits per heavy atom. The van der Waals surface area contributed by atoms with E-state index in [-0.39, 0.29) is 11.8 Å². The van der Waals surface area contributed by atoms with Crippen LogP contribution in [0.25, 0.3) is 0 Å². The molecule has 0 saturated heterocycles. The highest BCUT2D eigenvalue weighted by Crippen LogP contribution is 2.08. The maximum absolute atomic E-state index is 11.6. The van der Waals surface area contributed by atoms with Crippen molar-refractivity contribution >= 4 is 11.8 Å². The summed E-state index contributed by atoms with van der Waals surface area (Å²) in [5.41, 5.74) is 6.55. The summed E-state index contributed by atoms with van der Waals surface area (Å²) >= 11 is 0. The Morgan fingerprint density at radius 3 is 2.35 bits per heavy atom. The Morgan fingerprint density at radius 2 is 1.76 bits per heavy atom. The number of nitrogens with two attached hydrogens (primary N) is 1. The smallest absolute Gasteiger partial charge is 0.241 e. The summed E-state index contributed by atoms with van der Waals surface area (Å²) in [7, 11) is 0. The van der Waals surface area contributed by atoms with E-state index in [1.54, 1.807) is 12.1 Å². The van der Waals surface area contributed by atoms with Gasteiger partial charge in [-0.15, -0.1) is 0 Å². The zero-order valence-corrected chi connectivity index (χ0v) is 9.77. The molecule has 92 valence electrons. The van der Waals surface area contributed by atoms with E-state index < -0.39 is 6.04 Å². The van der Waals surface area contributed by atoms with Gasteiger partial charge < -0.3 is 16.4 Å². The van der Waals surface area contributed by atoms with Crippen molar-refractivity contribution in [2.24, 2.45) is 5.73 Å². The van der Waals surface area contributed by atoms with E-state index in [9.17, 15) is 9.59 Å². The Hall–Kier alpha value is -1.88. The number of rotatable bonds is 5. The van der Waals surface area contributed by atoms with Crippen LogP contribution in [0.2, 0.25) is 0 Å². The number of nitrogens with one attached hydrogen (secondary N) is 2. The van der Waals surface area contributed by atoms with Gasteiger partial charge in [0.25, 0.3) is 0 Å². The normalized spacial score (nSPS) is 11.6. The molecule has 0 heterocycles. The largest absolute Gasteiger partial charge is 0.355 e. The van der Waals surface area contributed by atoms with Crippen molar-refractivity contribution in [2.75, 3.05) is 13.1 Å². The first-order valence-corrected chi connectivity index (χ1v) is 5.44. The van der Waals surface area contributed by atoms with Crippen LogP contribution < -0.4 is 16.4 Å². The van der Waals surface area contributed by atoms with Gasteiger partial charge in [-0.25, -0.2) is 0 Å². The van der Waals surface area contributed by atoms with Crippen LogP contribution in [0.4, 0.5) is 0 Å². The summed E-state index contributed by atoms with van der Waals surface area (Å²) in [5.74, 6) is -0.367. The lowest BCUT2D eigenvalue weighted by molar-refractivity contribution is -0.123. The van der Waals surface area contributed by atoms with Crippen LogP contribution in [0.5, 0.6) is 0 Å². The van der Waals surface area contributed by atoms with Crippen LogP contribution in [0.3, 0.4) is 0 Å². The molecule has 0 aliphatic heterocycles. The second-order valence-corrected chi connectivity index (χ2v) is 3.66. The van der Waals surface area contributed by atoms with E-state index >= 15 is 0 Å². The fourth-order valence-corrected chi connectivity index (χ4v) is 1.35. The van der Waals surface area contributed by atoms with Crippen LogP contribution in [-0.4, -0.2) is 24.9 Å². The fourth-order valence-electron chi connectivity index (χ4n) is 1.35. The molecule has 1 atom stereocenters. The van der Waals surface area contributed by atoms with E-state index in [4.69, 9.17) is 5.73 Å². The van der Waals surface area contributed by atoms with Gasteiger partial charge in [0.15, 0.2) is 0 Å². The molecule has 0 saturated carbocycles. The molecule has 1 aromatic carbocycles. The molecule has 0 aliphatic carbocycles. The van der Waals surface area contributed by atoms with E-state index in [1.807, 2.05) is 18.2 Å². The minimum Gasteiger partial charge on any atom is -0.355 e. The molecular weight excluding hydrogens is 218 g/mol. The molecule has 0 unspecified atom stereocenters. The summed E-state index contributed by atoms with van der Waals surface area (Å²) in [6, 6.07) is 8.47. The van der Waals surface area contributed by atoms with Gasteiger partial charge in [-0.05, 0) is 5.56 Å².